The largest absolute Gasteiger partial charge is 0.393 e. The fourth-order valence-electron chi connectivity index (χ4n) is 0.564. The Labute approximate surface area is 79.5 Å². The van der Waals surface area contributed by atoms with Gasteiger partial charge in [-0.2, -0.15) is 0 Å². The molecule has 0 spiro atoms. The van der Waals surface area contributed by atoms with Crippen molar-refractivity contribution in [2.75, 3.05) is 0 Å². The van der Waals surface area contributed by atoms with E-state index in [1.807, 2.05) is 20.8 Å². The van der Waals surface area contributed by atoms with Crippen molar-refractivity contribution in [3.8, 4) is 0 Å². The Morgan fingerprint density at radius 1 is 1.00 bits per heavy atom. The zero-order valence-corrected chi connectivity index (χ0v) is 9.22. The molecule has 0 aromatic heterocycles. The normalized spacial score (nSPS) is 12.5. The van der Waals surface area contributed by atoms with Crippen LogP contribution in [0.3, 0.4) is 0 Å². The van der Waals surface area contributed by atoms with Crippen molar-refractivity contribution in [1.29, 1.82) is 0 Å². The summed E-state index contributed by atoms with van der Waals surface area (Å²) in [4.78, 5) is 22.1. The van der Waals surface area contributed by atoms with Gasteiger partial charge >= 0.3 is 11.9 Å². The van der Waals surface area contributed by atoms with Crippen molar-refractivity contribution in [3.63, 3.8) is 0 Å². The highest BCUT2D eigenvalue weighted by molar-refractivity contribution is 5.87. The molecular formula is C10H18O3. The standard InChI is InChI=1S/C10H18O3/c1-7(11)13-8(12)10(5,6)9(2,3)4/h1-6H3. The Morgan fingerprint density at radius 3 is 1.62 bits per heavy atom. The van der Waals surface area contributed by atoms with Gasteiger partial charge in [-0.3, -0.25) is 9.59 Å². The number of esters is 2. The fourth-order valence-corrected chi connectivity index (χ4v) is 0.564. The van der Waals surface area contributed by atoms with Gasteiger partial charge in [0.2, 0.25) is 0 Å². The van der Waals surface area contributed by atoms with Crippen LogP contribution in [0.4, 0.5) is 0 Å². The van der Waals surface area contributed by atoms with E-state index in [1.54, 1.807) is 13.8 Å². The number of carbonyl (C=O) groups excluding carboxylic acids is 2. The average Bonchev–Trinajstić information content (AvgIpc) is 1.82. The topological polar surface area (TPSA) is 43.4 Å². The minimum absolute atomic E-state index is 0.223. The summed E-state index contributed by atoms with van der Waals surface area (Å²) in [5, 5.41) is 0. The molecule has 3 heteroatoms. The molecule has 76 valence electrons. The van der Waals surface area contributed by atoms with E-state index >= 15 is 0 Å². The molecule has 0 saturated carbocycles. The summed E-state index contributed by atoms with van der Waals surface area (Å²) >= 11 is 0. The third kappa shape index (κ3) is 2.83. The van der Waals surface area contributed by atoms with Gasteiger partial charge in [-0.1, -0.05) is 20.8 Å². The van der Waals surface area contributed by atoms with Crippen LogP contribution in [0, 0.1) is 10.8 Å². The molecule has 0 heterocycles. The molecule has 0 N–H and O–H groups in total. The van der Waals surface area contributed by atoms with Crippen LogP contribution < -0.4 is 0 Å². The van der Waals surface area contributed by atoms with Crippen molar-refractivity contribution in [2.45, 2.75) is 41.5 Å². The second-order valence-corrected chi connectivity index (χ2v) is 4.76. The summed E-state index contributed by atoms with van der Waals surface area (Å²) in [5.41, 5.74) is -0.877. The first kappa shape index (κ1) is 12.1. The van der Waals surface area contributed by atoms with Crippen LogP contribution in [0.1, 0.15) is 41.5 Å². The SMILES string of the molecule is CC(=O)OC(=O)C(C)(C)C(C)(C)C. The summed E-state index contributed by atoms with van der Waals surface area (Å²) in [6, 6.07) is 0. The van der Waals surface area contributed by atoms with E-state index in [9.17, 15) is 9.59 Å². The summed E-state index contributed by atoms with van der Waals surface area (Å²) in [5.74, 6) is -1.02. The summed E-state index contributed by atoms with van der Waals surface area (Å²) < 4.78 is 4.56. The van der Waals surface area contributed by atoms with E-state index in [1.165, 1.54) is 6.92 Å². The maximum Gasteiger partial charge on any atom is 0.319 e. The van der Waals surface area contributed by atoms with Gasteiger partial charge in [-0.05, 0) is 19.3 Å². The third-order valence-corrected chi connectivity index (χ3v) is 2.62. The maximum atomic E-state index is 11.5. The molecule has 13 heavy (non-hydrogen) atoms. The van der Waals surface area contributed by atoms with Crippen molar-refractivity contribution in [2.24, 2.45) is 10.8 Å². The summed E-state index contributed by atoms with van der Waals surface area (Å²) in [6.07, 6.45) is 0. The first-order chi connectivity index (χ1) is 5.59. The van der Waals surface area contributed by atoms with Crippen molar-refractivity contribution >= 4 is 11.9 Å². The highest BCUT2D eigenvalue weighted by Crippen LogP contribution is 2.38. The van der Waals surface area contributed by atoms with Crippen LogP contribution in [0.15, 0.2) is 0 Å². The van der Waals surface area contributed by atoms with E-state index in [-0.39, 0.29) is 5.41 Å². The lowest BCUT2D eigenvalue weighted by Crippen LogP contribution is -2.39. The van der Waals surface area contributed by atoms with Crippen LogP contribution in [0.25, 0.3) is 0 Å². The lowest BCUT2D eigenvalue weighted by molar-refractivity contribution is -0.169. The number of rotatable bonds is 1. The Hall–Kier alpha value is -0.860. The Kier molecular flexibility index (Phi) is 3.25. The predicted octanol–water partition coefficient (Wildman–Crippen LogP) is 2.15. The van der Waals surface area contributed by atoms with Gasteiger partial charge in [0.25, 0.3) is 0 Å². The van der Waals surface area contributed by atoms with Crippen LogP contribution >= 0.6 is 0 Å². The van der Waals surface area contributed by atoms with E-state index < -0.39 is 17.4 Å². The molecule has 3 nitrogen and oxygen atoms in total. The van der Waals surface area contributed by atoms with Crippen LogP contribution in [-0.4, -0.2) is 11.9 Å². The lowest BCUT2D eigenvalue weighted by atomic mass is 9.69. The lowest BCUT2D eigenvalue weighted by Gasteiger charge is -2.35. The predicted molar refractivity (Wildman–Crippen MR) is 50.0 cm³/mol. The molecule has 0 bridgehead atoms. The van der Waals surface area contributed by atoms with Crippen LogP contribution in [-0.2, 0) is 14.3 Å². The minimum atomic E-state index is -0.654. The van der Waals surface area contributed by atoms with E-state index in [2.05, 4.69) is 4.74 Å². The first-order valence-corrected chi connectivity index (χ1v) is 4.32. The average molecular weight is 186 g/mol. The molecule has 0 aromatic carbocycles. The van der Waals surface area contributed by atoms with E-state index in [0.717, 1.165) is 0 Å². The van der Waals surface area contributed by atoms with Crippen LogP contribution in [0.5, 0.6) is 0 Å². The summed E-state index contributed by atoms with van der Waals surface area (Å²) in [7, 11) is 0. The Bertz CT molecular complexity index is 221. The molecule has 0 aliphatic heterocycles. The van der Waals surface area contributed by atoms with Gasteiger partial charge in [0.05, 0.1) is 5.41 Å². The van der Waals surface area contributed by atoms with E-state index in [0.29, 0.717) is 0 Å². The van der Waals surface area contributed by atoms with E-state index in [4.69, 9.17) is 0 Å². The number of hydrogen-bond donors (Lipinski definition) is 0. The smallest absolute Gasteiger partial charge is 0.319 e. The van der Waals surface area contributed by atoms with Gasteiger partial charge in [-0.25, -0.2) is 0 Å². The van der Waals surface area contributed by atoms with Gasteiger partial charge < -0.3 is 4.74 Å². The Balaban J connectivity index is 4.65. The third-order valence-electron chi connectivity index (χ3n) is 2.62. The Morgan fingerprint density at radius 2 is 1.38 bits per heavy atom. The monoisotopic (exact) mass is 186 g/mol. The molecule has 0 aliphatic carbocycles. The molecule has 0 unspecified atom stereocenters. The number of ether oxygens (including phenoxy) is 1. The zero-order valence-electron chi connectivity index (χ0n) is 9.22. The number of hydrogen-bond acceptors (Lipinski definition) is 3. The van der Waals surface area contributed by atoms with Gasteiger partial charge in [-0.15, -0.1) is 0 Å². The molecule has 0 saturated heterocycles. The molecule has 0 fully saturated rings. The molecule has 0 aliphatic rings. The van der Waals surface area contributed by atoms with Gasteiger partial charge in [0.15, 0.2) is 0 Å². The second kappa shape index (κ2) is 3.48. The van der Waals surface area contributed by atoms with Crippen molar-refractivity contribution in [3.05, 3.63) is 0 Å². The highest BCUT2D eigenvalue weighted by Gasteiger charge is 2.41. The molecular weight excluding hydrogens is 168 g/mol. The summed E-state index contributed by atoms with van der Waals surface area (Å²) in [6.45, 7) is 10.6. The number of carbonyl (C=O) groups is 2. The minimum Gasteiger partial charge on any atom is -0.393 e. The fraction of sp³-hybridized carbons (Fsp3) is 0.800. The van der Waals surface area contributed by atoms with Gasteiger partial charge in [0.1, 0.15) is 0 Å². The molecule has 0 amide bonds. The maximum absolute atomic E-state index is 11.5. The second-order valence-electron chi connectivity index (χ2n) is 4.76. The highest BCUT2D eigenvalue weighted by atomic mass is 16.6. The van der Waals surface area contributed by atoms with Crippen molar-refractivity contribution in [1.82, 2.24) is 0 Å². The van der Waals surface area contributed by atoms with Crippen LogP contribution in [0.2, 0.25) is 0 Å². The molecule has 0 rings (SSSR count). The molecule has 0 aromatic rings. The molecule has 0 atom stereocenters. The first-order valence-electron chi connectivity index (χ1n) is 4.32. The van der Waals surface area contributed by atoms with Crippen molar-refractivity contribution < 1.29 is 14.3 Å². The zero-order chi connectivity index (χ0) is 10.9. The van der Waals surface area contributed by atoms with Gasteiger partial charge in [0, 0.05) is 6.92 Å². The quantitative estimate of drug-likeness (QED) is 0.465. The molecule has 0 radical (unpaired) electrons.